The summed E-state index contributed by atoms with van der Waals surface area (Å²) in [6.45, 7) is 1.56. The Morgan fingerprint density at radius 1 is 1.10 bits per heavy atom. The van der Waals surface area contributed by atoms with E-state index < -0.39 is 28.4 Å². The lowest BCUT2D eigenvalue weighted by atomic mass is 10.1. The van der Waals surface area contributed by atoms with Crippen molar-refractivity contribution in [1.82, 2.24) is 0 Å². The lowest BCUT2D eigenvalue weighted by Gasteiger charge is -2.16. The van der Waals surface area contributed by atoms with Crippen LogP contribution in [0.2, 0.25) is 0 Å². The third-order valence-electron chi connectivity index (χ3n) is 3.01. The second-order valence-electron chi connectivity index (χ2n) is 4.40. The Kier molecular flexibility index (Phi) is 4.11. The van der Waals surface area contributed by atoms with E-state index in [-0.39, 0.29) is 11.4 Å². The molecule has 0 amide bonds. The fourth-order valence-corrected chi connectivity index (χ4v) is 1.97. The summed E-state index contributed by atoms with van der Waals surface area (Å²) in [6, 6.07) is 7.09. The minimum Gasteiger partial charge on any atom is -0.376 e. The molecule has 4 nitrogen and oxygen atoms in total. The van der Waals surface area contributed by atoms with Crippen molar-refractivity contribution in [3.63, 3.8) is 0 Å². The minimum atomic E-state index is -1.59. The fourth-order valence-electron chi connectivity index (χ4n) is 1.97. The highest BCUT2D eigenvalue weighted by molar-refractivity contribution is 5.50. The molecule has 1 unspecified atom stereocenters. The number of nitro groups is 1. The van der Waals surface area contributed by atoms with Crippen LogP contribution in [0.5, 0.6) is 0 Å². The maximum atomic E-state index is 13.6. The molecule has 0 bridgehead atoms. The average Bonchev–Trinajstić information content (AvgIpc) is 2.47. The first kappa shape index (κ1) is 14.8. The lowest BCUT2D eigenvalue weighted by Crippen LogP contribution is -2.11. The predicted molar refractivity (Wildman–Crippen MR) is 71.5 cm³/mol. The average molecular weight is 296 g/mol. The molecule has 21 heavy (non-hydrogen) atoms. The highest BCUT2D eigenvalue weighted by Crippen LogP contribution is 2.29. The Morgan fingerprint density at radius 2 is 1.76 bits per heavy atom. The summed E-state index contributed by atoms with van der Waals surface area (Å²) in [4.78, 5) is 10.4. The number of rotatable bonds is 4. The van der Waals surface area contributed by atoms with Gasteiger partial charge in [0.2, 0.25) is 0 Å². The standard InChI is InChI=1S/C14H11F3N2O2/c1-8(9-4-2-3-5-12(9)19(20)21)18-11-7-6-10(15)13(16)14(11)17/h2-8,18H,1H3. The maximum Gasteiger partial charge on any atom is 0.274 e. The molecule has 0 saturated heterocycles. The number of para-hydroxylation sites is 1. The molecule has 1 N–H and O–H groups in total. The minimum absolute atomic E-state index is 0.138. The van der Waals surface area contributed by atoms with Gasteiger partial charge < -0.3 is 5.32 Å². The molecule has 2 rings (SSSR count). The summed E-state index contributed by atoms with van der Waals surface area (Å²) >= 11 is 0. The van der Waals surface area contributed by atoms with Crippen molar-refractivity contribution in [3.05, 3.63) is 69.5 Å². The second kappa shape index (κ2) is 5.82. The van der Waals surface area contributed by atoms with Gasteiger partial charge in [0.25, 0.3) is 5.69 Å². The quantitative estimate of drug-likeness (QED) is 0.523. The molecule has 0 saturated carbocycles. The van der Waals surface area contributed by atoms with Crippen LogP contribution in [0.15, 0.2) is 36.4 Å². The molecule has 2 aromatic rings. The SMILES string of the molecule is CC(Nc1ccc(F)c(F)c1F)c1ccccc1[N+](=O)[O-]. The number of benzene rings is 2. The van der Waals surface area contributed by atoms with E-state index in [1.54, 1.807) is 13.0 Å². The van der Waals surface area contributed by atoms with Gasteiger partial charge in [0.15, 0.2) is 17.5 Å². The number of halogens is 3. The third kappa shape index (κ3) is 2.96. The molecule has 1 atom stereocenters. The van der Waals surface area contributed by atoms with Crippen LogP contribution >= 0.6 is 0 Å². The predicted octanol–water partition coefficient (Wildman–Crippen LogP) is 4.19. The van der Waals surface area contributed by atoms with Gasteiger partial charge in [-0.3, -0.25) is 10.1 Å². The number of nitrogens with zero attached hydrogens (tertiary/aromatic N) is 1. The van der Waals surface area contributed by atoms with Crippen LogP contribution in [0, 0.1) is 27.6 Å². The Labute approximate surface area is 118 Å². The molecule has 0 radical (unpaired) electrons. The van der Waals surface area contributed by atoms with Gasteiger partial charge in [-0.2, -0.15) is 0 Å². The van der Waals surface area contributed by atoms with E-state index in [9.17, 15) is 23.3 Å². The number of nitrogens with one attached hydrogen (secondary N) is 1. The summed E-state index contributed by atoms with van der Waals surface area (Å²) in [7, 11) is 0. The van der Waals surface area contributed by atoms with E-state index in [1.807, 2.05) is 0 Å². The van der Waals surface area contributed by atoms with Crippen LogP contribution in [0.1, 0.15) is 18.5 Å². The van der Waals surface area contributed by atoms with Crippen molar-refractivity contribution >= 4 is 11.4 Å². The van der Waals surface area contributed by atoms with Crippen molar-refractivity contribution in [2.45, 2.75) is 13.0 Å². The molecule has 0 fully saturated rings. The third-order valence-corrected chi connectivity index (χ3v) is 3.01. The van der Waals surface area contributed by atoms with E-state index in [0.29, 0.717) is 5.56 Å². The molecule has 0 aliphatic heterocycles. The molecule has 0 aromatic heterocycles. The van der Waals surface area contributed by atoms with Crippen LogP contribution in [-0.4, -0.2) is 4.92 Å². The highest BCUT2D eigenvalue weighted by atomic mass is 19.2. The largest absolute Gasteiger partial charge is 0.376 e. The zero-order chi connectivity index (χ0) is 15.6. The van der Waals surface area contributed by atoms with Crippen molar-refractivity contribution in [2.75, 3.05) is 5.32 Å². The number of nitro benzene ring substituents is 1. The Bertz CT molecular complexity index is 692. The van der Waals surface area contributed by atoms with Gasteiger partial charge in [-0.25, -0.2) is 13.2 Å². The summed E-state index contributed by atoms with van der Waals surface area (Å²) < 4.78 is 39.6. The van der Waals surface area contributed by atoms with E-state index in [0.717, 1.165) is 12.1 Å². The van der Waals surface area contributed by atoms with Gasteiger partial charge in [-0.05, 0) is 19.1 Å². The maximum absolute atomic E-state index is 13.6. The van der Waals surface area contributed by atoms with Crippen LogP contribution < -0.4 is 5.32 Å². The zero-order valence-electron chi connectivity index (χ0n) is 10.9. The monoisotopic (exact) mass is 296 g/mol. The van der Waals surface area contributed by atoms with Crippen LogP contribution in [0.25, 0.3) is 0 Å². The number of anilines is 1. The van der Waals surface area contributed by atoms with Crippen LogP contribution in [-0.2, 0) is 0 Å². The van der Waals surface area contributed by atoms with E-state index in [4.69, 9.17) is 0 Å². The van der Waals surface area contributed by atoms with Crippen molar-refractivity contribution in [2.24, 2.45) is 0 Å². The summed E-state index contributed by atoms with van der Waals surface area (Å²) in [5.74, 6) is -4.24. The van der Waals surface area contributed by atoms with Crippen LogP contribution in [0.4, 0.5) is 24.5 Å². The molecular weight excluding hydrogens is 285 g/mol. The molecule has 0 aliphatic rings. The van der Waals surface area contributed by atoms with Gasteiger partial charge >= 0.3 is 0 Å². The number of hydrogen-bond acceptors (Lipinski definition) is 3. The first-order valence-corrected chi connectivity index (χ1v) is 6.05. The molecule has 0 heterocycles. The van der Waals surface area contributed by atoms with Crippen molar-refractivity contribution < 1.29 is 18.1 Å². The topological polar surface area (TPSA) is 55.2 Å². The lowest BCUT2D eigenvalue weighted by molar-refractivity contribution is -0.385. The van der Waals surface area contributed by atoms with Gasteiger partial charge in [0.1, 0.15) is 0 Å². The molecule has 0 aliphatic carbocycles. The first-order valence-electron chi connectivity index (χ1n) is 6.05. The first-order chi connectivity index (χ1) is 9.91. The normalized spacial score (nSPS) is 12.0. The molecular formula is C14H11F3N2O2. The Balaban J connectivity index is 2.33. The van der Waals surface area contributed by atoms with Crippen LogP contribution in [0.3, 0.4) is 0 Å². The number of hydrogen-bond donors (Lipinski definition) is 1. The van der Waals surface area contributed by atoms with Gasteiger partial charge in [0.05, 0.1) is 22.2 Å². The van der Waals surface area contributed by atoms with Crippen molar-refractivity contribution in [1.29, 1.82) is 0 Å². The summed E-state index contributed by atoms with van der Waals surface area (Å²) in [6.07, 6.45) is 0. The fraction of sp³-hybridized carbons (Fsp3) is 0.143. The smallest absolute Gasteiger partial charge is 0.274 e. The second-order valence-corrected chi connectivity index (χ2v) is 4.40. The van der Waals surface area contributed by atoms with E-state index >= 15 is 0 Å². The summed E-state index contributed by atoms with van der Waals surface area (Å²) in [5.41, 5.74) is -0.0910. The zero-order valence-corrected chi connectivity index (χ0v) is 10.9. The highest BCUT2D eigenvalue weighted by Gasteiger charge is 2.20. The molecule has 7 heteroatoms. The van der Waals surface area contributed by atoms with E-state index in [1.165, 1.54) is 18.2 Å². The van der Waals surface area contributed by atoms with Gasteiger partial charge in [-0.15, -0.1) is 0 Å². The molecule has 0 spiro atoms. The van der Waals surface area contributed by atoms with E-state index in [2.05, 4.69) is 5.32 Å². The van der Waals surface area contributed by atoms with Gasteiger partial charge in [0, 0.05) is 6.07 Å². The van der Waals surface area contributed by atoms with Gasteiger partial charge in [-0.1, -0.05) is 18.2 Å². The van der Waals surface area contributed by atoms with Crippen molar-refractivity contribution in [3.8, 4) is 0 Å². The summed E-state index contributed by atoms with van der Waals surface area (Å²) in [5, 5.41) is 13.5. The Morgan fingerprint density at radius 3 is 2.43 bits per heavy atom. The molecule has 110 valence electrons. The Hall–Kier alpha value is -2.57. The molecule has 2 aromatic carbocycles.